The second-order valence-corrected chi connectivity index (χ2v) is 7.81. The second kappa shape index (κ2) is 9.74. The number of nitrogens with zero attached hydrogens (tertiary/aromatic N) is 2. The van der Waals surface area contributed by atoms with Crippen LogP contribution in [0.1, 0.15) is 37.7 Å². The van der Waals surface area contributed by atoms with Crippen molar-refractivity contribution in [1.29, 1.82) is 0 Å². The van der Waals surface area contributed by atoms with Crippen molar-refractivity contribution < 1.29 is 4.79 Å². The summed E-state index contributed by atoms with van der Waals surface area (Å²) in [6.45, 7) is 5.43. The van der Waals surface area contributed by atoms with Crippen LogP contribution in [-0.4, -0.2) is 41.2 Å². The van der Waals surface area contributed by atoms with E-state index in [0.29, 0.717) is 0 Å². The topological polar surface area (TPSA) is 45.2 Å². The number of nitrogens with one attached hydrogen (secondary N) is 1. The molecule has 0 saturated carbocycles. The number of thioether (sulfide) groups is 1. The molecule has 0 unspecified atom stereocenters. The van der Waals surface area contributed by atoms with Crippen LogP contribution < -0.4 is 5.32 Å². The van der Waals surface area contributed by atoms with Gasteiger partial charge in [0.15, 0.2) is 0 Å². The Bertz CT molecular complexity index is 701. The summed E-state index contributed by atoms with van der Waals surface area (Å²) < 4.78 is 0. The summed E-state index contributed by atoms with van der Waals surface area (Å²) in [6.07, 6.45) is 5.78. The van der Waals surface area contributed by atoms with Crippen LogP contribution in [0, 0.1) is 0 Å². The van der Waals surface area contributed by atoms with Crippen LogP contribution in [0.15, 0.2) is 53.7 Å². The summed E-state index contributed by atoms with van der Waals surface area (Å²) in [7, 11) is 0. The molecule has 5 heteroatoms. The average molecular weight is 370 g/mol. The van der Waals surface area contributed by atoms with Gasteiger partial charge in [-0.05, 0) is 50.6 Å². The van der Waals surface area contributed by atoms with Gasteiger partial charge in [0, 0.05) is 18.5 Å². The molecule has 3 rings (SSSR count). The third-order valence-electron chi connectivity index (χ3n) is 4.82. The predicted molar refractivity (Wildman–Crippen MR) is 109 cm³/mol. The number of pyridine rings is 1. The molecule has 1 N–H and O–H groups in total. The number of amides is 1. The molecule has 1 saturated heterocycles. The number of benzene rings is 1. The minimum Gasteiger partial charge on any atom is -0.323 e. The second-order valence-electron chi connectivity index (χ2n) is 6.73. The van der Waals surface area contributed by atoms with E-state index in [4.69, 9.17) is 0 Å². The van der Waals surface area contributed by atoms with Crippen molar-refractivity contribution in [2.75, 3.05) is 30.7 Å². The van der Waals surface area contributed by atoms with E-state index in [2.05, 4.69) is 15.2 Å². The summed E-state index contributed by atoms with van der Waals surface area (Å²) in [4.78, 5) is 19.6. The van der Waals surface area contributed by atoms with E-state index >= 15 is 0 Å². The van der Waals surface area contributed by atoms with Crippen LogP contribution >= 0.6 is 11.8 Å². The Morgan fingerprint density at radius 2 is 1.92 bits per heavy atom. The van der Waals surface area contributed by atoms with Gasteiger partial charge in [-0.15, -0.1) is 11.8 Å². The normalized spacial score (nSPS) is 16.2. The summed E-state index contributed by atoms with van der Waals surface area (Å²) >= 11 is 1.72. The molecule has 0 spiro atoms. The number of hydrogen-bond donors (Lipinski definition) is 1. The number of piperidine rings is 1. The first-order valence-corrected chi connectivity index (χ1v) is 10.4. The van der Waals surface area contributed by atoms with E-state index in [-0.39, 0.29) is 11.8 Å². The van der Waals surface area contributed by atoms with E-state index in [1.54, 1.807) is 18.0 Å². The Hall–Kier alpha value is -1.85. The van der Waals surface area contributed by atoms with Crippen LogP contribution in [0.25, 0.3) is 0 Å². The van der Waals surface area contributed by atoms with Crippen molar-refractivity contribution in [3.8, 4) is 0 Å². The molecule has 0 radical (unpaired) electrons. The van der Waals surface area contributed by atoms with Crippen molar-refractivity contribution in [1.82, 2.24) is 9.88 Å². The highest BCUT2D eigenvalue weighted by molar-refractivity contribution is 7.99. The minimum absolute atomic E-state index is 0.00193. The largest absolute Gasteiger partial charge is 0.323 e. The predicted octanol–water partition coefficient (Wildman–Crippen LogP) is 4.40. The molecule has 1 amide bonds. The molecule has 1 fully saturated rings. The van der Waals surface area contributed by atoms with E-state index < -0.39 is 0 Å². The Kier molecular flexibility index (Phi) is 7.09. The first kappa shape index (κ1) is 18.9. The van der Waals surface area contributed by atoms with Crippen molar-refractivity contribution in [3.05, 3.63) is 54.2 Å². The first-order chi connectivity index (χ1) is 12.7. The van der Waals surface area contributed by atoms with E-state index in [9.17, 15) is 4.79 Å². The number of carbonyl (C=O) groups is 1. The van der Waals surface area contributed by atoms with Gasteiger partial charge in [-0.2, -0.15) is 0 Å². The third kappa shape index (κ3) is 5.32. The zero-order valence-electron chi connectivity index (χ0n) is 15.4. The first-order valence-electron chi connectivity index (χ1n) is 9.40. The molecular weight excluding hydrogens is 342 g/mol. The maximum atomic E-state index is 12.6. The zero-order valence-corrected chi connectivity index (χ0v) is 16.2. The molecule has 1 aromatic carbocycles. The molecule has 26 heavy (non-hydrogen) atoms. The van der Waals surface area contributed by atoms with Gasteiger partial charge in [-0.3, -0.25) is 4.79 Å². The molecule has 138 valence electrons. The van der Waals surface area contributed by atoms with Gasteiger partial charge in [0.05, 0.1) is 11.6 Å². The van der Waals surface area contributed by atoms with E-state index in [1.165, 1.54) is 32.4 Å². The number of aromatic nitrogens is 1. The van der Waals surface area contributed by atoms with Crippen molar-refractivity contribution in [2.24, 2.45) is 0 Å². The Morgan fingerprint density at radius 1 is 1.15 bits per heavy atom. The smallest absolute Gasteiger partial charge is 0.231 e. The van der Waals surface area contributed by atoms with Crippen LogP contribution in [0.2, 0.25) is 0 Å². The number of carbonyl (C=O) groups excluding carboxylic acids is 1. The molecular formula is C21H27N3OS. The quantitative estimate of drug-likeness (QED) is 0.735. The standard InChI is InChI=1S/C21H27N3OS/c1-17(18-9-4-2-5-10-18)20(25)23-19-11-8-12-22-21(19)26-16-15-24-13-6-3-7-14-24/h2,4-5,8-12,17H,3,6-7,13-16H2,1H3,(H,23,25)/t17-/m1/s1. The lowest BCUT2D eigenvalue weighted by molar-refractivity contribution is -0.117. The minimum atomic E-state index is -0.192. The van der Waals surface area contributed by atoms with Crippen molar-refractivity contribution in [2.45, 2.75) is 37.1 Å². The summed E-state index contributed by atoms with van der Waals surface area (Å²) in [5.74, 6) is 0.804. The molecule has 1 aromatic heterocycles. The van der Waals surface area contributed by atoms with Crippen LogP contribution in [0.5, 0.6) is 0 Å². The highest BCUT2D eigenvalue weighted by atomic mass is 32.2. The van der Waals surface area contributed by atoms with E-state index in [1.807, 2.05) is 49.4 Å². The van der Waals surface area contributed by atoms with E-state index in [0.717, 1.165) is 28.6 Å². The van der Waals surface area contributed by atoms with Gasteiger partial charge in [-0.1, -0.05) is 36.8 Å². The third-order valence-corrected chi connectivity index (χ3v) is 5.80. The molecule has 1 aliphatic heterocycles. The fourth-order valence-corrected chi connectivity index (χ4v) is 4.14. The van der Waals surface area contributed by atoms with Gasteiger partial charge in [0.1, 0.15) is 5.03 Å². The van der Waals surface area contributed by atoms with Gasteiger partial charge in [0.25, 0.3) is 0 Å². The van der Waals surface area contributed by atoms with Crippen LogP contribution in [0.3, 0.4) is 0 Å². The molecule has 2 heterocycles. The lowest BCUT2D eigenvalue weighted by Crippen LogP contribution is -2.31. The lowest BCUT2D eigenvalue weighted by atomic mass is 10.0. The molecule has 0 bridgehead atoms. The van der Waals surface area contributed by atoms with Gasteiger partial charge < -0.3 is 10.2 Å². The number of anilines is 1. The highest BCUT2D eigenvalue weighted by Crippen LogP contribution is 2.26. The fraction of sp³-hybridized carbons (Fsp3) is 0.429. The number of hydrogen-bond acceptors (Lipinski definition) is 4. The molecule has 1 aliphatic rings. The molecule has 2 aromatic rings. The maximum Gasteiger partial charge on any atom is 0.231 e. The number of rotatable bonds is 7. The molecule has 1 atom stereocenters. The van der Waals surface area contributed by atoms with Crippen LogP contribution in [-0.2, 0) is 4.79 Å². The summed E-state index contributed by atoms with van der Waals surface area (Å²) in [6, 6.07) is 13.7. The average Bonchev–Trinajstić information content (AvgIpc) is 2.70. The molecule has 4 nitrogen and oxygen atoms in total. The summed E-state index contributed by atoms with van der Waals surface area (Å²) in [5, 5.41) is 3.96. The monoisotopic (exact) mass is 369 g/mol. The van der Waals surface area contributed by atoms with Gasteiger partial charge in [0.2, 0.25) is 5.91 Å². The SMILES string of the molecule is C[C@@H](C(=O)Nc1cccnc1SCCN1CCCCC1)c1ccccc1. The van der Waals surface area contributed by atoms with Crippen LogP contribution in [0.4, 0.5) is 5.69 Å². The van der Waals surface area contributed by atoms with Gasteiger partial charge >= 0.3 is 0 Å². The fourth-order valence-electron chi connectivity index (χ4n) is 3.19. The zero-order chi connectivity index (χ0) is 18.2. The Labute approximate surface area is 160 Å². The van der Waals surface area contributed by atoms with Crippen molar-refractivity contribution >= 4 is 23.4 Å². The van der Waals surface area contributed by atoms with Crippen molar-refractivity contribution in [3.63, 3.8) is 0 Å². The maximum absolute atomic E-state index is 12.6. The Balaban J connectivity index is 1.57. The Morgan fingerprint density at radius 3 is 2.69 bits per heavy atom. The highest BCUT2D eigenvalue weighted by Gasteiger charge is 2.17. The molecule has 0 aliphatic carbocycles. The summed E-state index contributed by atoms with van der Waals surface area (Å²) in [5.41, 5.74) is 1.83. The number of likely N-dealkylation sites (tertiary alicyclic amines) is 1. The van der Waals surface area contributed by atoms with Gasteiger partial charge in [-0.25, -0.2) is 4.98 Å². The lowest BCUT2D eigenvalue weighted by Gasteiger charge is -2.26.